The van der Waals surface area contributed by atoms with Crippen LogP contribution in [0.3, 0.4) is 0 Å². The van der Waals surface area contributed by atoms with Gasteiger partial charge in [-0.05, 0) is 25.2 Å². The largest absolute Gasteiger partial charge is 0.466 e. The lowest BCUT2D eigenvalue weighted by atomic mass is 10.0. The van der Waals surface area contributed by atoms with E-state index in [-0.39, 0.29) is 5.97 Å². The summed E-state index contributed by atoms with van der Waals surface area (Å²) in [5.74, 6) is 0.669. The second kappa shape index (κ2) is 20.7. The number of hydrogen-bond acceptors (Lipinski definition) is 5. The number of unbranched alkanes of at least 4 members (excludes halogenated alkanes) is 4. The highest BCUT2D eigenvalue weighted by Gasteiger charge is 2.02. The Labute approximate surface area is 161 Å². The van der Waals surface area contributed by atoms with Gasteiger partial charge in [0.15, 0.2) is 0 Å². The van der Waals surface area contributed by atoms with E-state index in [2.05, 4.69) is 20.8 Å². The highest BCUT2D eigenvalue weighted by atomic mass is 16.5. The number of carbonyl (C=O) groups excluding carboxylic acids is 1. The monoisotopic (exact) mass is 374 g/mol. The molecule has 0 bridgehead atoms. The predicted molar refractivity (Wildman–Crippen MR) is 105 cm³/mol. The van der Waals surface area contributed by atoms with Gasteiger partial charge in [-0.3, -0.25) is 4.79 Å². The lowest BCUT2D eigenvalue weighted by Gasteiger charge is -2.07. The van der Waals surface area contributed by atoms with E-state index in [4.69, 9.17) is 18.9 Å². The molecule has 5 heteroatoms. The fourth-order valence-electron chi connectivity index (χ4n) is 2.37. The zero-order valence-corrected chi connectivity index (χ0v) is 17.4. The molecule has 0 aliphatic carbocycles. The Morgan fingerprint density at radius 3 is 1.88 bits per heavy atom. The van der Waals surface area contributed by atoms with Crippen LogP contribution in [0.15, 0.2) is 0 Å². The fourth-order valence-corrected chi connectivity index (χ4v) is 2.37. The standard InChI is InChI=1S/C21H42O5/c1-4-5-13-23-16-18-25-19-17-24-14-10-12-21(22)26-15-9-7-6-8-11-20(2)3/h20H,4-19H2,1-3H3. The van der Waals surface area contributed by atoms with E-state index in [1.54, 1.807) is 0 Å². The third kappa shape index (κ3) is 21.4. The van der Waals surface area contributed by atoms with Gasteiger partial charge >= 0.3 is 5.97 Å². The number of carbonyl (C=O) groups is 1. The first kappa shape index (κ1) is 25.4. The first-order valence-corrected chi connectivity index (χ1v) is 10.6. The second-order valence-electron chi connectivity index (χ2n) is 7.11. The molecule has 0 N–H and O–H groups in total. The number of esters is 1. The lowest BCUT2D eigenvalue weighted by Crippen LogP contribution is -2.11. The van der Waals surface area contributed by atoms with Gasteiger partial charge in [0.2, 0.25) is 0 Å². The molecule has 156 valence electrons. The van der Waals surface area contributed by atoms with Crippen LogP contribution in [0, 0.1) is 5.92 Å². The minimum Gasteiger partial charge on any atom is -0.466 e. The molecule has 26 heavy (non-hydrogen) atoms. The van der Waals surface area contributed by atoms with Crippen LogP contribution >= 0.6 is 0 Å². The van der Waals surface area contributed by atoms with Crippen molar-refractivity contribution < 1.29 is 23.7 Å². The Kier molecular flexibility index (Phi) is 20.1. The van der Waals surface area contributed by atoms with Gasteiger partial charge in [-0.25, -0.2) is 0 Å². The number of rotatable bonds is 20. The first-order valence-electron chi connectivity index (χ1n) is 10.6. The first-order chi connectivity index (χ1) is 12.7. The molecule has 0 saturated carbocycles. The molecule has 0 rings (SSSR count). The lowest BCUT2D eigenvalue weighted by molar-refractivity contribution is -0.144. The Bertz CT molecular complexity index is 294. The van der Waals surface area contributed by atoms with Crippen molar-refractivity contribution in [3.8, 4) is 0 Å². The summed E-state index contributed by atoms with van der Waals surface area (Å²) in [4.78, 5) is 11.6. The molecule has 0 aromatic heterocycles. The Morgan fingerprint density at radius 2 is 1.27 bits per heavy atom. The highest BCUT2D eigenvalue weighted by molar-refractivity contribution is 5.69. The van der Waals surface area contributed by atoms with Gasteiger partial charge in [-0.15, -0.1) is 0 Å². The molecule has 0 aliphatic heterocycles. The SMILES string of the molecule is CCCCOCCOCCOCCCC(=O)OCCCCCCC(C)C. The van der Waals surface area contributed by atoms with Crippen LogP contribution in [-0.2, 0) is 23.7 Å². The summed E-state index contributed by atoms with van der Waals surface area (Å²) in [5.41, 5.74) is 0. The Hall–Kier alpha value is -0.650. The summed E-state index contributed by atoms with van der Waals surface area (Å²) >= 11 is 0. The van der Waals surface area contributed by atoms with Crippen LogP contribution in [0.1, 0.15) is 78.6 Å². The Morgan fingerprint density at radius 1 is 0.692 bits per heavy atom. The summed E-state index contributed by atoms with van der Waals surface area (Å²) in [5, 5.41) is 0. The molecular weight excluding hydrogens is 332 g/mol. The topological polar surface area (TPSA) is 54.0 Å². The summed E-state index contributed by atoms with van der Waals surface area (Å²) in [6.45, 7) is 11.0. The van der Waals surface area contributed by atoms with Crippen LogP contribution in [0.4, 0.5) is 0 Å². The molecule has 0 aromatic carbocycles. The highest BCUT2D eigenvalue weighted by Crippen LogP contribution is 2.09. The van der Waals surface area contributed by atoms with Gasteiger partial charge in [0.05, 0.1) is 33.0 Å². The third-order valence-corrected chi connectivity index (χ3v) is 3.99. The van der Waals surface area contributed by atoms with Crippen molar-refractivity contribution in [2.45, 2.75) is 78.6 Å². The molecule has 0 spiro atoms. The van der Waals surface area contributed by atoms with Crippen LogP contribution in [0.5, 0.6) is 0 Å². The summed E-state index contributed by atoms with van der Waals surface area (Å²) < 4.78 is 21.5. The molecule has 0 saturated heterocycles. The van der Waals surface area contributed by atoms with Crippen LogP contribution in [0.2, 0.25) is 0 Å². The van der Waals surface area contributed by atoms with Crippen molar-refractivity contribution in [3.05, 3.63) is 0 Å². The van der Waals surface area contributed by atoms with Gasteiger partial charge in [-0.2, -0.15) is 0 Å². The van der Waals surface area contributed by atoms with Crippen molar-refractivity contribution in [1.29, 1.82) is 0 Å². The molecule has 0 amide bonds. The van der Waals surface area contributed by atoms with Crippen molar-refractivity contribution in [3.63, 3.8) is 0 Å². The Balaban J connectivity index is 3.15. The second-order valence-corrected chi connectivity index (χ2v) is 7.11. The molecule has 0 radical (unpaired) electrons. The number of hydrogen-bond donors (Lipinski definition) is 0. The maximum atomic E-state index is 11.6. The van der Waals surface area contributed by atoms with E-state index in [0.29, 0.717) is 52.5 Å². The van der Waals surface area contributed by atoms with Gasteiger partial charge in [0.25, 0.3) is 0 Å². The zero-order chi connectivity index (χ0) is 19.3. The van der Waals surface area contributed by atoms with E-state index in [1.165, 1.54) is 19.3 Å². The van der Waals surface area contributed by atoms with Gasteiger partial charge in [-0.1, -0.05) is 52.9 Å². The summed E-state index contributed by atoms with van der Waals surface area (Å²) in [7, 11) is 0. The van der Waals surface area contributed by atoms with Crippen molar-refractivity contribution >= 4 is 5.97 Å². The quantitative estimate of drug-likeness (QED) is 0.227. The van der Waals surface area contributed by atoms with E-state index in [1.807, 2.05) is 0 Å². The zero-order valence-electron chi connectivity index (χ0n) is 17.4. The van der Waals surface area contributed by atoms with E-state index >= 15 is 0 Å². The van der Waals surface area contributed by atoms with Gasteiger partial charge in [0.1, 0.15) is 0 Å². The normalized spacial score (nSPS) is 11.2. The van der Waals surface area contributed by atoms with E-state index in [9.17, 15) is 4.79 Å². The average Bonchev–Trinajstić information content (AvgIpc) is 2.61. The molecule has 0 aliphatic rings. The predicted octanol–water partition coefficient (Wildman–Crippen LogP) is 4.77. The molecule has 0 unspecified atom stereocenters. The molecule has 5 nitrogen and oxygen atoms in total. The van der Waals surface area contributed by atoms with E-state index < -0.39 is 0 Å². The molecule has 0 atom stereocenters. The van der Waals surface area contributed by atoms with Gasteiger partial charge < -0.3 is 18.9 Å². The minimum absolute atomic E-state index is 0.115. The smallest absolute Gasteiger partial charge is 0.305 e. The molecular formula is C21H42O5. The molecule has 0 fully saturated rings. The van der Waals surface area contributed by atoms with Crippen molar-refractivity contribution in [2.24, 2.45) is 5.92 Å². The van der Waals surface area contributed by atoms with Crippen LogP contribution in [0.25, 0.3) is 0 Å². The van der Waals surface area contributed by atoms with Crippen molar-refractivity contribution in [2.75, 3.05) is 46.2 Å². The molecule has 0 heterocycles. The minimum atomic E-state index is -0.115. The average molecular weight is 375 g/mol. The number of ether oxygens (including phenoxy) is 4. The van der Waals surface area contributed by atoms with Crippen molar-refractivity contribution in [1.82, 2.24) is 0 Å². The van der Waals surface area contributed by atoms with Crippen LogP contribution < -0.4 is 0 Å². The van der Waals surface area contributed by atoms with Crippen LogP contribution in [-0.4, -0.2) is 52.2 Å². The maximum Gasteiger partial charge on any atom is 0.305 e. The fraction of sp³-hybridized carbons (Fsp3) is 0.952. The summed E-state index contributed by atoms with van der Waals surface area (Å²) in [6.07, 6.45) is 9.30. The van der Waals surface area contributed by atoms with E-state index in [0.717, 1.165) is 38.2 Å². The van der Waals surface area contributed by atoms with Gasteiger partial charge in [0, 0.05) is 19.6 Å². The maximum absolute atomic E-state index is 11.6. The third-order valence-electron chi connectivity index (χ3n) is 3.99. The summed E-state index contributed by atoms with van der Waals surface area (Å²) in [6, 6.07) is 0. The molecule has 0 aromatic rings.